The van der Waals surface area contributed by atoms with Crippen LogP contribution in [0.4, 0.5) is 0 Å². The number of aliphatic hydroxyl groups excluding tert-OH is 1. The summed E-state index contributed by atoms with van der Waals surface area (Å²) in [6.07, 6.45) is -1.36. The van der Waals surface area contributed by atoms with Crippen LogP contribution in [0, 0.1) is 6.92 Å². The Kier molecular flexibility index (Phi) is 3.75. The minimum atomic E-state index is -1.36. The van der Waals surface area contributed by atoms with E-state index in [1.54, 1.807) is 12.4 Å². The van der Waals surface area contributed by atoms with Crippen molar-refractivity contribution in [2.75, 3.05) is 6.54 Å². The van der Waals surface area contributed by atoms with Crippen LogP contribution in [0.15, 0.2) is 5.51 Å². The fourth-order valence-corrected chi connectivity index (χ4v) is 1.61. The Balaban J connectivity index is 2.51. The van der Waals surface area contributed by atoms with Gasteiger partial charge in [-0.2, -0.15) is 0 Å². The number of carbonyl (C=O) groups is 2. The van der Waals surface area contributed by atoms with Gasteiger partial charge in [0.1, 0.15) is 11.0 Å². The van der Waals surface area contributed by atoms with Crippen molar-refractivity contribution in [3.63, 3.8) is 0 Å². The molecule has 15 heavy (non-hydrogen) atoms. The van der Waals surface area contributed by atoms with Crippen LogP contribution in [0.5, 0.6) is 0 Å². The minimum Gasteiger partial charge on any atom is -0.381 e. The number of aryl methyl sites for hydroxylation is 1. The number of aromatic nitrogens is 1. The number of amides is 2. The van der Waals surface area contributed by atoms with E-state index in [-0.39, 0.29) is 12.5 Å². The molecule has 6 nitrogen and oxygen atoms in total. The third kappa shape index (κ3) is 3.00. The molecule has 1 aromatic rings. The molecule has 0 aliphatic rings. The highest BCUT2D eigenvalue weighted by atomic mass is 32.1. The number of carbonyl (C=O) groups excluding carboxylic acids is 2. The Morgan fingerprint density at radius 2 is 2.40 bits per heavy atom. The van der Waals surface area contributed by atoms with E-state index in [0.29, 0.717) is 10.6 Å². The average Bonchev–Trinajstić information content (AvgIpc) is 2.60. The van der Waals surface area contributed by atoms with E-state index in [2.05, 4.69) is 10.3 Å². The molecule has 0 bridgehead atoms. The zero-order valence-electron chi connectivity index (χ0n) is 8.06. The minimum absolute atomic E-state index is 0.189. The molecule has 4 N–H and O–H groups in total. The van der Waals surface area contributed by atoms with Gasteiger partial charge in [0.2, 0.25) is 5.91 Å². The summed E-state index contributed by atoms with van der Waals surface area (Å²) < 4.78 is 0. The van der Waals surface area contributed by atoms with Crippen LogP contribution >= 0.6 is 11.3 Å². The highest BCUT2D eigenvalue weighted by molar-refractivity contribution is 7.11. The van der Waals surface area contributed by atoms with Crippen molar-refractivity contribution in [2.45, 2.75) is 13.0 Å². The summed E-state index contributed by atoms with van der Waals surface area (Å²) in [5.74, 6) is -1.23. The molecule has 0 aliphatic carbocycles. The smallest absolute Gasteiger partial charge is 0.263 e. The van der Waals surface area contributed by atoms with Crippen LogP contribution < -0.4 is 11.1 Å². The highest BCUT2D eigenvalue weighted by Gasteiger charge is 2.15. The van der Waals surface area contributed by atoms with Gasteiger partial charge >= 0.3 is 0 Å². The lowest BCUT2D eigenvalue weighted by Crippen LogP contribution is -2.39. The van der Waals surface area contributed by atoms with E-state index < -0.39 is 12.0 Å². The molecule has 1 atom stereocenters. The second kappa shape index (κ2) is 4.85. The first-order valence-electron chi connectivity index (χ1n) is 4.18. The Labute approximate surface area is 90.1 Å². The van der Waals surface area contributed by atoms with Crippen molar-refractivity contribution in [3.05, 3.63) is 16.1 Å². The van der Waals surface area contributed by atoms with Gasteiger partial charge in [-0.25, -0.2) is 4.98 Å². The third-order valence-corrected chi connectivity index (χ3v) is 2.66. The average molecular weight is 229 g/mol. The van der Waals surface area contributed by atoms with E-state index >= 15 is 0 Å². The number of primary amides is 1. The Hall–Kier alpha value is -1.47. The van der Waals surface area contributed by atoms with Gasteiger partial charge in [0.25, 0.3) is 5.91 Å². The van der Waals surface area contributed by atoms with Crippen molar-refractivity contribution in [1.82, 2.24) is 10.3 Å². The lowest BCUT2D eigenvalue weighted by Gasteiger charge is -2.07. The van der Waals surface area contributed by atoms with Gasteiger partial charge in [-0.15, -0.1) is 11.3 Å². The molecule has 0 fully saturated rings. The lowest BCUT2D eigenvalue weighted by molar-refractivity contribution is -0.125. The fourth-order valence-electron chi connectivity index (χ4n) is 0.890. The largest absolute Gasteiger partial charge is 0.381 e. The molecule has 7 heteroatoms. The highest BCUT2D eigenvalue weighted by Crippen LogP contribution is 2.11. The Morgan fingerprint density at radius 3 is 2.87 bits per heavy atom. The molecular formula is C8H11N3O3S. The van der Waals surface area contributed by atoms with Crippen molar-refractivity contribution in [2.24, 2.45) is 5.73 Å². The van der Waals surface area contributed by atoms with E-state index in [0.717, 1.165) is 0 Å². The van der Waals surface area contributed by atoms with Crippen molar-refractivity contribution < 1.29 is 14.7 Å². The van der Waals surface area contributed by atoms with E-state index in [1.165, 1.54) is 11.3 Å². The molecular weight excluding hydrogens is 218 g/mol. The predicted octanol–water partition coefficient (Wildman–Crippen LogP) is -0.972. The molecule has 0 saturated heterocycles. The second-order valence-corrected chi connectivity index (χ2v) is 3.75. The molecule has 0 radical (unpaired) electrons. The first-order valence-corrected chi connectivity index (χ1v) is 5.06. The summed E-state index contributed by atoms with van der Waals surface area (Å²) in [6.45, 7) is 1.52. The molecule has 1 heterocycles. The molecule has 1 rings (SSSR count). The van der Waals surface area contributed by atoms with Gasteiger partial charge in [0, 0.05) is 0 Å². The third-order valence-electron chi connectivity index (χ3n) is 1.74. The predicted molar refractivity (Wildman–Crippen MR) is 54.4 cm³/mol. The van der Waals surface area contributed by atoms with Crippen LogP contribution in [-0.2, 0) is 4.79 Å². The second-order valence-electron chi connectivity index (χ2n) is 2.90. The standard InChI is InChI=1S/C8H11N3O3S/c1-4-6(15-3-11-4)8(14)10-2-5(12)7(9)13/h3,5,12H,2H2,1H3,(H2,9,13)(H,10,14). The first-order chi connectivity index (χ1) is 7.02. The van der Waals surface area contributed by atoms with Crippen LogP contribution in [0.3, 0.4) is 0 Å². The number of hydrogen-bond acceptors (Lipinski definition) is 5. The SMILES string of the molecule is Cc1ncsc1C(=O)NCC(O)C(N)=O. The molecule has 1 unspecified atom stereocenters. The van der Waals surface area contributed by atoms with Crippen LogP contribution in [0.25, 0.3) is 0 Å². The number of aliphatic hydroxyl groups is 1. The van der Waals surface area contributed by atoms with Gasteiger partial charge < -0.3 is 16.2 Å². The van der Waals surface area contributed by atoms with Gasteiger partial charge in [0.05, 0.1) is 17.7 Å². The first kappa shape index (κ1) is 11.6. The number of thiazole rings is 1. The van der Waals surface area contributed by atoms with E-state index in [9.17, 15) is 9.59 Å². The zero-order chi connectivity index (χ0) is 11.4. The van der Waals surface area contributed by atoms with E-state index in [1.807, 2.05) is 0 Å². The summed E-state index contributed by atoms with van der Waals surface area (Å²) in [7, 11) is 0. The normalized spacial score (nSPS) is 12.1. The maximum atomic E-state index is 11.4. The van der Waals surface area contributed by atoms with Gasteiger partial charge in [-0.1, -0.05) is 0 Å². The quantitative estimate of drug-likeness (QED) is 0.617. The lowest BCUT2D eigenvalue weighted by atomic mass is 10.3. The van der Waals surface area contributed by atoms with Crippen LogP contribution in [-0.4, -0.2) is 34.6 Å². The van der Waals surface area contributed by atoms with Crippen molar-refractivity contribution in [1.29, 1.82) is 0 Å². The van der Waals surface area contributed by atoms with Gasteiger partial charge in [-0.3, -0.25) is 9.59 Å². The Morgan fingerprint density at radius 1 is 1.73 bits per heavy atom. The summed E-state index contributed by atoms with van der Waals surface area (Å²) in [5, 5.41) is 11.4. The number of nitrogens with two attached hydrogens (primary N) is 1. The monoisotopic (exact) mass is 229 g/mol. The molecule has 0 saturated carbocycles. The number of rotatable bonds is 4. The molecule has 2 amide bonds. The summed E-state index contributed by atoms with van der Waals surface area (Å²) in [6, 6.07) is 0. The summed E-state index contributed by atoms with van der Waals surface area (Å²) in [5.41, 5.74) is 6.99. The molecule has 1 aromatic heterocycles. The molecule has 0 aliphatic heterocycles. The van der Waals surface area contributed by atoms with Crippen molar-refractivity contribution in [3.8, 4) is 0 Å². The summed E-state index contributed by atoms with van der Waals surface area (Å²) >= 11 is 1.20. The fraction of sp³-hybridized carbons (Fsp3) is 0.375. The number of nitrogens with one attached hydrogen (secondary N) is 1. The summed E-state index contributed by atoms with van der Waals surface area (Å²) in [4.78, 5) is 26.3. The van der Waals surface area contributed by atoms with E-state index in [4.69, 9.17) is 10.8 Å². The maximum Gasteiger partial charge on any atom is 0.263 e. The maximum absolute atomic E-state index is 11.4. The Bertz CT molecular complexity index is 377. The molecule has 0 spiro atoms. The van der Waals surface area contributed by atoms with Crippen LogP contribution in [0.2, 0.25) is 0 Å². The zero-order valence-corrected chi connectivity index (χ0v) is 8.87. The molecule has 82 valence electrons. The van der Waals surface area contributed by atoms with Crippen molar-refractivity contribution >= 4 is 23.2 Å². The topological polar surface area (TPSA) is 105 Å². The van der Waals surface area contributed by atoms with Crippen LogP contribution in [0.1, 0.15) is 15.4 Å². The van der Waals surface area contributed by atoms with Gasteiger partial charge in [-0.05, 0) is 6.92 Å². The number of nitrogens with zero attached hydrogens (tertiary/aromatic N) is 1. The van der Waals surface area contributed by atoms with Gasteiger partial charge in [0.15, 0.2) is 0 Å². The molecule has 0 aromatic carbocycles. The number of hydrogen-bond donors (Lipinski definition) is 3.